The SMILES string of the molecule is C[C@@H]1CN(Cc2ccc(F)cc2)[C@@H](C)CN1C(=O)COc1ccc([N+](=O)[O-])cc1Cl. The molecule has 0 bridgehead atoms. The highest BCUT2D eigenvalue weighted by molar-refractivity contribution is 6.32. The van der Waals surface area contributed by atoms with Gasteiger partial charge >= 0.3 is 0 Å². The summed E-state index contributed by atoms with van der Waals surface area (Å²) in [7, 11) is 0. The molecule has 1 amide bonds. The lowest BCUT2D eigenvalue weighted by molar-refractivity contribution is -0.384. The minimum atomic E-state index is -0.546. The summed E-state index contributed by atoms with van der Waals surface area (Å²) in [4.78, 5) is 27.0. The smallest absolute Gasteiger partial charge is 0.271 e. The number of carbonyl (C=O) groups excluding carboxylic acids is 1. The van der Waals surface area contributed by atoms with Crippen LogP contribution in [0.25, 0.3) is 0 Å². The Morgan fingerprint density at radius 1 is 1.20 bits per heavy atom. The van der Waals surface area contributed by atoms with Gasteiger partial charge in [-0.15, -0.1) is 0 Å². The molecule has 160 valence electrons. The van der Waals surface area contributed by atoms with Crippen molar-refractivity contribution in [2.45, 2.75) is 32.5 Å². The highest BCUT2D eigenvalue weighted by atomic mass is 35.5. The Hall–Kier alpha value is -2.71. The second-order valence-corrected chi connectivity index (χ2v) is 7.87. The van der Waals surface area contributed by atoms with Gasteiger partial charge in [-0.1, -0.05) is 23.7 Å². The zero-order valence-corrected chi connectivity index (χ0v) is 17.5. The molecule has 1 saturated heterocycles. The number of hydrogen-bond acceptors (Lipinski definition) is 5. The second kappa shape index (κ2) is 9.40. The van der Waals surface area contributed by atoms with Crippen molar-refractivity contribution in [3.63, 3.8) is 0 Å². The first-order chi connectivity index (χ1) is 14.2. The van der Waals surface area contributed by atoms with E-state index < -0.39 is 4.92 Å². The van der Waals surface area contributed by atoms with Gasteiger partial charge in [0.25, 0.3) is 11.6 Å². The molecule has 2 atom stereocenters. The van der Waals surface area contributed by atoms with E-state index in [1.165, 1.54) is 30.3 Å². The number of piperazine rings is 1. The standard InChI is InChI=1S/C21H23ClFN3O4/c1-14-11-25(15(2)10-24(14)12-16-3-5-17(23)6-4-16)21(27)13-30-20-8-7-18(26(28)29)9-19(20)22/h3-9,14-15H,10-13H2,1-2H3/t14-,15+/m0/s1. The first-order valence-electron chi connectivity index (χ1n) is 9.59. The average molecular weight is 436 g/mol. The fraction of sp³-hybridized carbons (Fsp3) is 0.381. The summed E-state index contributed by atoms with van der Waals surface area (Å²) in [6.07, 6.45) is 0. The summed E-state index contributed by atoms with van der Waals surface area (Å²) in [6.45, 7) is 5.72. The molecular formula is C21H23ClFN3O4. The predicted octanol–water partition coefficient (Wildman–Crippen LogP) is 3.89. The van der Waals surface area contributed by atoms with Gasteiger partial charge in [0.05, 0.1) is 9.95 Å². The molecule has 2 aromatic carbocycles. The highest BCUT2D eigenvalue weighted by Crippen LogP contribution is 2.29. The molecule has 0 spiro atoms. The third kappa shape index (κ3) is 5.25. The van der Waals surface area contributed by atoms with Crippen molar-refractivity contribution in [1.82, 2.24) is 9.80 Å². The van der Waals surface area contributed by atoms with Crippen molar-refractivity contribution in [2.75, 3.05) is 19.7 Å². The van der Waals surface area contributed by atoms with E-state index in [1.807, 2.05) is 13.8 Å². The Labute approximate surface area is 179 Å². The molecule has 0 unspecified atom stereocenters. The van der Waals surface area contributed by atoms with Crippen LogP contribution in [0.3, 0.4) is 0 Å². The summed E-state index contributed by atoms with van der Waals surface area (Å²) in [5.41, 5.74) is 0.879. The number of non-ortho nitro benzene ring substituents is 1. The van der Waals surface area contributed by atoms with Crippen LogP contribution >= 0.6 is 11.6 Å². The summed E-state index contributed by atoms with van der Waals surface area (Å²) < 4.78 is 18.6. The minimum absolute atomic E-state index is 0.0231. The zero-order valence-electron chi connectivity index (χ0n) is 16.8. The average Bonchev–Trinajstić information content (AvgIpc) is 2.70. The molecule has 2 aromatic rings. The van der Waals surface area contributed by atoms with E-state index in [4.69, 9.17) is 16.3 Å². The third-order valence-corrected chi connectivity index (χ3v) is 5.51. The molecule has 0 radical (unpaired) electrons. The van der Waals surface area contributed by atoms with Crippen molar-refractivity contribution >= 4 is 23.2 Å². The second-order valence-electron chi connectivity index (χ2n) is 7.46. The molecule has 1 fully saturated rings. The van der Waals surface area contributed by atoms with Crippen LogP contribution in [0.5, 0.6) is 5.75 Å². The molecule has 9 heteroatoms. The summed E-state index contributed by atoms with van der Waals surface area (Å²) in [6, 6.07) is 10.4. The minimum Gasteiger partial charge on any atom is -0.482 e. The van der Waals surface area contributed by atoms with Gasteiger partial charge in [-0.3, -0.25) is 19.8 Å². The largest absolute Gasteiger partial charge is 0.482 e. The first-order valence-corrected chi connectivity index (χ1v) is 9.97. The molecule has 30 heavy (non-hydrogen) atoms. The van der Waals surface area contributed by atoms with E-state index in [0.717, 1.165) is 5.56 Å². The van der Waals surface area contributed by atoms with Crippen molar-refractivity contribution in [1.29, 1.82) is 0 Å². The topological polar surface area (TPSA) is 75.9 Å². The van der Waals surface area contributed by atoms with Crippen LogP contribution in [0.1, 0.15) is 19.4 Å². The van der Waals surface area contributed by atoms with Crippen molar-refractivity contribution in [3.8, 4) is 5.75 Å². The van der Waals surface area contributed by atoms with Crippen LogP contribution < -0.4 is 4.74 Å². The summed E-state index contributed by atoms with van der Waals surface area (Å²) in [5, 5.41) is 10.9. The van der Waals surface area contributed by atoms with Crippen molar-refractivity contribution < 1.29 is 18.8 Å². The summed E-state index contributed by atoms with van der Waals surface area (Å²) in [5.74, 6) is -0.208. The van der Waals surface area contributed by atoms with E-state index in [2.05, 4.69) is 4.90 Å². The Bertz CT molecular complexity index is 925. The molecule has 1 aliphatic heterocycles. The molecule has 7 nitrogen and oxygen atoms in total. The monoisotopic (exact) mass is 435 g/mol. The number of carbonyl (C=O) groups is 1. The van der Waals surface area contributed by atoms with Crippen LogP contribution in [0.2, 0.25) is 5.02 Å². The molecular weight excluding hydrogens is 413 g/mol. The van der Waals surface area contributed by atoms with Gasteiger partial charge in [-0.2, -0.15) is 0 Å². The maximum absolute atomic E-state index is 13.1. The number of rotatable bonds is 6. The lowest BCUT2D eigenvalue weighted by atomic mass is 10.1. The van der Waals surface area contributed by atoms with Crippen LogP contribution in [0.15, 0.2) is 42.5 Å². The molecule has 0 aromatic heterocycles. The Balaban J connectivity index is 1.57. The number of halogens is 2. The number of amides is 1. The predicted molar refractivity (Wildman–Crippen MR) is 111 cm³/mol. The van der Waals surface area contributed by atoms with Gasteiger partial charge in [0, 0.05) is 43.9 Å². The fourth-order valence-corrected chi connectivity index (χ4v) is 3.76. The third-order valence-electron chi connectivity index (χ3n) is 5.21. The maximum atomic E-state index is 13.1. The van der Waals surface area contributed by atoms with Gasteiger partial charge in [0.1, 0.15) is 11.6 Å². The lowest BCUT2D eigenvalue weighted by Crippen LogP contribution is -2.58. The zero-order chi connectivity index (χ0) is 21.8. The van der Waals surface area contributed by atoms with E-state index in [0.29, 0.717) is 19.6 Å². The number of nitrogens with zero attached hydrogens (tertiary/aromatic N) is 3. The van der Waals surface area contributed by atoms with Gasteiger partial charge in [-0.05, 0) is 37.6 Å². The molecule has 3 rings (SSSR count). The van der Waals surface area contributed by atoms with Gasteiger partial charge in [0.15, 0.2) is 6.61 Å². The number of nitro groups is 1. The van der Waals surface area contributed by atoms with Crippen LogP contribution in [-0.4, -0.2) is 52.4 Å². The van der Waals surface area contributed by atoms with Crippen molar-refractivity contribution in [2.24, 2.45) is 0 Å². The van der Waals surface area contributed by atoms with Gasteiger partial charge < -0.3 is 9.64 Å². The van der Waals surface area contributed by atoms with E-state index in [1.54, 1.807) is 17.0 Å². The Morgan fingerprint density at radius 3 is 2.53 bits per heavy atom. The number of nitro benzene ring substituents is 1. The molecule has 1 heterocycles. The van der Waals surface area contributed by atoms with E-state index in [-0.39, 0.29) is 46.9 Å². The lowest BCUT2D eigenvalue weighted by Gasteiger charge is -2.44. The Kier molecular flexibility index (Phi) is 6.89. The van der Waals surface area contributed by atoms with Crippen LogP contribution in [0.4, 0.5) is 10.1 Å². The number of ether oxygens (including phenoxy) is 1. The van der Waals surface area contributed by atoms with Gasteiger partial charge in [0.2, 0.25) is 0 Å². The first kappa shape index (κ1) is 22.0. The van der Waals surface area contributed by atoms with Gasteiger partial charge in [-0.25, -0.2) is 4.39 Å². The summed E-state index contributed by atoms with van der Waals surface area (Å²) >= 11 is 6.02. The molecule has 0 saturated carbocycles. The number of benzene rings is 2. The fourth-order valence-electron chi connectivity index (χ4n) is 3.53. The maximum Gasteiger partial charge on any atom is 0.271 e. The molecule has 0 N–H and O–H groups in total. The van der Waals surface area contributed by atoms with Crippen LogP contribution in [-0.2, 0) is 11.3 Å². The highest BCUT2D eigenvalue weighted by Gasteiger charge is 2.32. The Morgan fingerprint density at radius 2 is 1.90 bits per heavy atom. The van der Waals surface area contributed by atoms with Crippen molar-refractivity contribution in [3.05, 3.63) is 69.0 Å². The van der Waals surface area contributed by atoms with Crippen LogP contribution in [0, 0.1) is 15.9 Å². The quantitative estimate of drug-likeness (QED) is 0.508. The molecule has 0 aliphatic carbocycles. The molecule has 1 aliphatic rings. The van der Waals surface area contributed by atoms with E-state index in [9.17, 15) is 19.3 Å². The normalized spacial score (nSPS) is 19.5. The number of hydrogen-bond donors (Lipinski definition) is 0. The van der Waals surface area contributed by atoms with E-state index >= 15 is 0 Å².